The molecule has 5 rings (SSSR count). The third kappa shape index (κ3) is 3.56. The van der Waals surface area contributed by atoms with Crippen LogP contribution in [0.1, 0.15) is 34.8 Å². The molecular weight excluding hydrogens is 404 g/mol. The number of benzene rings is 2. The van der Waals surface area contributed by atoms with Crippen LogP contribution < -0.4 is 5.32 Å². The molecular formula is C24H22N6O2. The molecule has 0 radical (unpaired) electrons. The van der Waals surface area contributed by atoms with Crippen molar-refractivity contribution in [2.24, 2.45) is 0 Å². The number of aromatic nitrogens is 5. The first-order valence-corrected chi connectivity index (χ1v) is 10.5. The van der Waals surface area contributed by atoms with Crippen LogP contribution in [0.5, 0.6) is 0 Å². The normalized spacial score (nSPS) is 11.3. The predicted molar refractivity (Wildman–Crippen MR) is 123 cm³/mol. The maximum Gasteiger partial charge on any atom is 0.337 e. The maximum absolute atomic E-state index is 11.7. The Hall–Kier alpha value is -4.20. The summed E-state index contributed by atoms with van der Waals surface area (Å²) in [5.74, 6) is -0.385. The molecule has 0 unspecified atom stereocenters. The smallest absolute Gasteiger partial charge is 0.337 e. The number of hydrogen-bond acceptors (Lipinski definition) is 5. The second-order valence-electron chi connectivity index (χ2n) is 7.66. The van der Waals surface area contributed by atoms with Crippen LogP contribution in [0.15, 0.2) is 67.3 Å². The van der Waals surface area contributed by atoms with Gasteiger partial charge in [0.1, 0.15) is 11.8 Å². The van der Waals surface area contributed by atoms with Crippen molar-refractivity contribution in [3.63, 3.8) is 0 Å². The van der Waals surface area contributed by atoms with E-state index >= 15 is 0 Å². The number of aryl methyl sites for hydroxylation is 1. The number of aromatic carboxylic acids is 1. The minimum Gasteiger partial charge on any atom is -0.478 e. The lowest BCUT2D eigenvalue weighted by atomic mass is 10.1. The Labute approximate surface area is 184 Å². The summed E-state index contributed by atoms with van der Waals surface area (Å²) in [6.07, 6.45) is 6.27. The van der Waals surface area contributed by atoms with E-state index in [4.69, 9.17) is 0 Å². The summed E-state index contributed by atoms with van der Waals surface area (Å²) in [6.45, 7) is 2.72. The highest BCUT2D eigenvalue weighted by Gasteiger charge is 2.20. The molecule has 0 saturated carbocycles. The quantitative estimate of drug-likeness (QED) is 0.397. The van der Waals surface area contributed by atoms with Crippen LogP contribution in [-0.2, 0) is 13.0 Å². The molecule has 0 aliphatic carbocycles. The Morgan fingerprint density at radius 2 is 1.97 bits per heavy atom. The van der Waals surface area contributed by atoms with E-state index < -0.39 is 5.97 Å². The van der Waals surface area contributed by atoms with Gasteiger partial charge in [0.05, 0.1) is 23.8 Å². The lowest BCUT2D eigenvalue weighted by Gasteiger charge is -2.10. The molecule has 0 fully saturated rings. The summed E-state index contributed by atoms with van der Waals surface area (Å²) in [5.41, 5.74) is 4.75. The molecule has 0 atom stereocenters. The SMILES string of the molecule is CCCc1c(C(=O)O)cn2ncnc(Nc3ccc4c(cnn4Cc4ccccc4)c3)c12. The van der Waals surface area contributed by atoms with Crippen LogP contribution in [0.3, 0.4) is 0 Å². The van der Waals surface area contributed by atoms with Gasteiger partial charge in [0.25, 0.3) is 0 Å². The fourth-order valence-electron chi connectivity index (χ4n) is 4.04. The van der Waals surface area contributed by atoms with Gasteiger partial charge in [0.15, 0.2) is 5.82 Å². The monoisotopic (exact) mass is 426 g/mol. The van der Waals surface area contributed by atoms with Crippen molar-refractivity contribution in [1.29, 1.82) is 0 Å². The Kier molecular flexibility index (Phi) is 5.03. The molecule has 8 heteroatoms. The van der Waals surface area contributed by atoms with Gasteiger partial charge < -0.3 is 10.4 Å². The van der Waals surface area contributed by atoms with E-state index in [1.54, 1.807) is 10.7 Å². The molecule has 0 spiro atoms. The van der Waals surface area contributed by atoms with Crippen LogP contribution in [0.2, 0.25) is 0 Å². The molecule has 0 aliphatic rings. The number of anilines is 2. The van der Waals surface area contributed by atoms with E-state index in [-0.39, 0.29) is 5.56 Å². The standard InChI is InChI=1S/C24H22N6O2/c1-2-6-19-20(24(31)32)14-30-22(19)23(25-15-27-30)28-18-9-10-21-17(11-18)12-26-29(21)13-16-7-4-3-5-8-16/h3-5,7-12,14-15H,2,6,13H2,1H3,(H,31,32)(H,25,27,28). The number of rotatable bonds is 7. The predicted octanol–water partition coefficient (Wildman–Crippen LogP) is 4.52. The minimum atomic E-state index is -0.961. The Bertz CT molecular complexity index is 1420. The van der Waals surface area contributed by atoms with Crippen molar-refractivity contribution in [1.82, 2.24) is 24.4 Å². The maximum atomic E-state index is 11.7. The zero-order valence-electron chi connectivity index (χ0n) is 17.6. The van der Waals surface area contributed by atoms with Crippen molar-refractivity contribution >= 4 is 33.9 Å². The van der Waals surface area contributed by atoms with Gasteiger partial charge in [-0.25, -0.2) is 14.3 Å². The molecule has 2 aromatic carbocycles. The molecule has 160 valence electrons. The highest BCUT2D eigenvalue weighted by atomic mass is 16.4. The van der Waals surface area contributed by atoms with Crippen LogP contribution in [0.4, 0.5) is 11.5 Å². The molecule has 0 amide bonds. The van der Waals surface area contributed by atoms with Crippen LogP contribution in [-0.4, -0.2) is 35.5 Å². The number of carboxylic acids is 1. The number of carboxylic acid groups (broad SMARTS) is 1. The van der Waals surface area contributed by atoms with Gasteiger partial charge in [0.2, 0.25) is 0 Å². The van der Waals surface area contributed by atoms with Gasteiger partial charge in [0, 0.05) is 17.3 Å². The molecule has 8 nitrogen and oxygen atoms in total. The number of carbonyl (C=O) groups is 1. The summed E-state index contributed by atoms with van der Waals surface area (Å²) in [4.78, 5) is 16.1. The van der Waals surface area contributed by atoms with Gasteiger partial charge >= 0.3 is 5.97 Å². The van der Waals surface area contributed by atoms with Gasteiger partial charge in [-0.3, -0.25) is 4.68 Å². The van der Waals surface area contributed by atoms with E-state index in [2.05, 4.69) is 32.6 Å². The second kappa shape index (κ2) is 8.14. The van der Waals surface area contributed by atoms with Crippen molar-refractivity contribution in [3.05, 3.63) is 83.9 Å². The van der Waals surface area contributed by atoms with E-state index in [0.717, 1.165) is 28.6 Å². The van der Waals surface area contributed by atoms with Crippen molar-refractivity contribution < 1.29 is 9.90 Å². The molecule has 3 heterocycles. The van der Waals surface area contributed by atoms with Crippen molar-refractivity contribution in [2.75, 3.05) is 5.32 Å². The number of nitrogens with zero attached hydrogens (tertiary/aromatic N) is 5. The third-order valence-electron chi connectivity index (χ3n) is 5.49. The summed E-state index contributed by atoms with van der Waals surface area (Å²) in [7, 11) is 0. The molecule has 0 aliphatic heterocycles. The average Bonchev–Trinajstić information content (AvgIpc) is 3.37. The summed E-state index contributed by atoms with van der Waals surface area (Å²) in [5, 5.41) is 22.7. The summed E-state index contributed by atoms with van der Waals surface area (Å²) >= 11 is 0. The van der Waals surface area contributed by atoms with Crippen molar-refractivity contribution in [2.45, 2.75) is 26.3 Å². The zero-order valence-corrected chi connectivity index (χ0v) is 17.6. The van der Waals surface area contributed by atoms with Crippen LogP contribution >= 0.6 is 0 Å². The Balaban J connectivity index is 1.50. The zero-order chi connectivity index (χ0) is 22.1. The summed E-state index contributed by atoms with van der Waals surface area (Å²) in [6, 6.07) is 16.2. The van der Waals surface area contributed by atoms with E-state index in [0.29, 0.717) is 24.3 Å². The molecule has 32 heavy (non-hydrogen) atoms. The molecule has 3 aromatic heterocycles. The minimum absolute atomic E-state index is 0.257. The molecule has 0 bridgehead atoms. The van der Waals surface area contributed by atoms with Gasteiger partial charge in [-0.15, -0.1) is 0 Å². The third-order valence-corrected chi connectivity index (χ3v) is 5.49. The Morgan fingerprint density at radius 1 is 1.12 bits per heavy atom. The van der Waals surface area contributed by atoms with E-state index in [9.17, 15) is 9.90 Å². The van der Waals surface area contributed by atoms with Gasteiger partial charge in [-0.1, -0.05) is 43.7 Å². The first kappa shape index (κ1) is 19.7. The van der Waals surface area contributed by atoms with E-state index in [1.165, 1.54) is 11.9 Å². The lowest BCUT2D eigenvalue weighted by Crippen LogP contribution is -2.02. The van der Waals surface area contributed by atoms with Crippen LogP contribution in [0, 0.1) is 0 Å². The fraction of sp³-hybridized carbons (Fsp3) is 0.167. The van der Waals surface area contributed by atoms with Gasteiger partial charge in [-0.2, -0.15) is 10.2 Å². The molecule has 5 aromatic rings. The van der Waals surface area contributed by atoms with Crippen LogP contribution in [0.25, 0.3) is 16.4 Å². The number of nitrogens with one attached hydrogen (secondary N) is 1. The number of fused-ring (bicyclic) bond motifs is 2. The fourth-order valence-corrected chi connectivity index (χ4v) is 4.04. The first-order valence-electron chi connectivity index (χ1n) is 10.5. The highest BCUT2D eigenvalue weighted by molar-refractivity contribution is 5.95. The lowest BCUT2D eigenvalue weighted by molar-refractivity contribution is 0.0696. The average molecular weight is 426 g/mol. The first-order chi connectivity index (χ1) is 15.6. The number of hydrogen-bond donors (Lipinski definition) is 2. The second-order valence-corrected chi connectivity index (χ2v) is 7.66. The molecule has 0 saturated heterocycles. The van der Waals surface area contributed by atoms with Crippen molar-refractivity contribution in [3.8, 4) is 0 Å². The summed E-state index contributed by atoms with van der Waals surface area (Å²) < 4.78 is 3.56. The molecule has 2 N–H and O–H groups in total. The van der Waals surface area contributed by atoms with Gasteiger partial charge in [-0.05, 0) is 35.7 Å². The topological polar surface area (TPSA) is 97.3 Å². The van der Waals surface area contributed by atoms with E-state index in [1.807, 2.05) is 54.2 Å². The largest absolute Gasteiger partial charge is 0.478 e. The Morgan fingerprint density at radius 3 is 2.75 bits per heavy atom. The highest BCUT2D eigenvalue weighted by Crippen LogP contribution is 2.28.